The predicted octanol–water partition coefficient (Wildman–Crippen LogP) is 5.30. The third kappa shape index (κ3) is 6.28. The highest BCUT2D eigenvalue weighted by molar-refractivity contribution is 6.31. The zero-order valence-corrected chi connectivity index (χ0v) is 19.9. The first-order valence-corrected chi connectivity index (χ1v) is 11.7. The Kier molecular flexibility index (Phi) is 7.53. The third-order valence-corrected chi connectivity index (χ3v) is 6.30. The van der Waals surface area contributed by atoms with Crippen LogP contribution in [-0.2, 0) is 11.3 Å². The van der Waals surface area contributed by atoms with Gasteiger partial charge in [-0.05, 0) is 61.4 Å². The summed E-state index contributed by atoms with van der Waals surface area (Å²) >= 11 is 6.31. The maximum atomic E-state index is 12.3. The minimum absolute atomic E-state index is 0.0148. The highest BCUT2D eigenvalue weighted by Gasteiger charge is 2.18. The maximum Gasteiger partial charge on any atom is 0.262 e. The van der Waals surface area contributed by atoms with E-state index in [-0.39, 0.29) is 12.5 Å². The van der Waals surface area contributed by atoms with E-state index < -0.39 is 0 Å². The molecule has 3 aromatic carbocycles. The number of halogens is 1. The second-order valence-electron chi connectivity index (χ2n) is 8.51. The first-order valence-electron chi connectivity index (χ1n) is 11.3. The van der Waals surface area contributed by atoms with Crippen LogP contribution in [0.3, 0.4) is 0 Å². The van der Waals surface area contributed by atoms with Gasteiger partial charge in [0.25, 0.3) is 5.91 Å². The molecule has 6 heteroatoms. The summed E-state index contributed by atoms with van der Waals surface area (Å²) in [7, 11) is 0. The van der Waals surface area contributed by atoms with Crippen molar-refractivity contribution in [2.75, 3.05) is 43.0 Å². The number of benzene rings is 3. The lowest BCUT2D eigenvalue weighted by molar-refractivity contribution is -0.118. The molecule has 4 rings (SSSR count). The molecule has 0 atom stereocenters. The second kappa shape index (κ2) is 10.7. The third-order valence-electron chi connectivity index (χ3n) is 5.93. The molecule has 0 radical (unpaired) electrons. The summed E-state index contributed by atoms with van der Waals surface area (Å²) in [5, 5.41) is 3.74. The van der Waals surface area contributed by atoms with E-state index in [0.29, 0.717) is 0 Å². The number of nitrogens with one attached hydrogen (secondary N) is 1. The van der Waals surface area contributed by atoms with E-state index in [1.807, 2.05) is 62.4 Å². The van der Waals surface area contributed by atoms with Crippen molar-refractivity contribution in [3.05, 3.63) is 88.4 Å². The number of carbonyl (C=O) groups excluding carboxylic acids is 1. The zero-order chi connectivity index (χ0) is 23.2. The number of hydrogen-bond acceptors (Lipinski definition) is 4. The fourth-order valence-corrected chi connectivity index (χ4v) is 4.28. The lowest BCUT2D eigenvalue weighted by Gasteiger charge is -2.36. The molecule has 33 heavy (non-hydrogen) atoms. The summed E-state index contributed by atoms with van der Waals surface area (Å²) in [4.78, 5) is 17.1. The summed E-state index contributed by atoms with van der Waals surface area (Å²) in [6.45, 7) is 8.77. The van der Waals surface area contributed by atoms with Crippen molar-refractivity contribution in [3.8, 4) is 5.75 Å². The van der Waals surface area contributed by atoms with E-state index in [9.17, 15) is 4.79 Å². The molecule has 172 valence electrons. The molecule has 0 saturated carbocycles. The van der Waals surface area contributed by atoms with E-state index in [2.05, 4.69) is 33.3 Å². The first-order chi connectivity index (χ1) is 16.0. The van der Waals surface area contributed by atoms with Crippen LogP contribution >= 0.6 is 11.6 Å². The van der Waals surface area contributed by atoms with Crippen molar-refractivity contribution < 1.29 is 9.53 Å². The van der Waals surface area contributed by atoms with Crippen molar-refractivity contribution in [1.82, 2.24) is 4.90 Å². The van der Waals surface area contributed by atoms with Gasteiger partial charge in [-0.3, -0.25) is 9.69 Å². The number of rotatable bonds is 7. The van der Waals surface area contributed by atoms with Crippen LogP contribution in [-0.4, -0.2) is 43.6 Å². The van der Waals surface area contributed by atoms with Crippen molar-refractivity contribution in [1.29, 1.82) is 0 Å². The highest BCUT2D eigenvalue weighted by atomic mass is 35.5. The van der Waals surface area contributed by atoms with Gasteiger partial charge in [0.05, 0.1) is 0 Å². The highest BCUT2D eigenvalue weighted by Crippen LogP contribution is 2.22. The van der Waals surface area contributed by atoms with E-state index in [1.54, 1.807) is 0 Å². The fourth-order valence-electron chi connectivity index (χ4n) is 4.09. The Balaban J connectivity index is 1.24. The Morgan fingerprint density at radius 2 is 1.70 bits per heavy atom. The van der Waals surface area contributed by atoms with Crippen LogP contribution in [0.1, 0.15) is 16.7 Å². The molecule has 0 bridgehead atoms. The minimum Gasteiger partial charge on any atom is -0.483 e. The number of piperazine rings is 1. The molecule has 1 fully saturated rings. The van der Waals surface area contributed by atoms with Gasteiger partial charge in [0.15, 0.2) is 6.61 Å². The van der Waals surface area contributed by atoms with E-state index >= 15 is 0 Å². The van der Waals surface area contributed by atoms with Gasteiger partial charge in [0.2, 0.25) is 0 Å². The summed E-state index contributed by atoms with van der Waals surface area (Å²) in [5.74, 6) is 0.565. The molecule has 0 spiro atoms. The van der Waals surface area contributed by atoms with Gasteiger partial charge in [-0.25, -0.2) is 0 Å². The largest absolute Gasteiger partial charge is 0.483 e. The number of aryl methyl sites for hydroxylation is 2. The number of nitrogens with zero attached hydrogens (tertiary/aromatic N) is 2. The van der Waals surface area contributed by atoms with E-state index in [1.165, 1.54) is 11.1 Å². The molecular formula is C27H30ClN3O2. The smallest absolute Gasteiger partial charge is 0.262 e. The summed E-state index contributed by atoms with van der Waals surface area (Å²) < 4.78 is 5.67. The SMILES string of the molecule is Cc1ccc(OCC(=O)Nc2ccc(N3CCN(Cc4ccccc4Cl)CC3)cc2)c(C)c1. The van der Waals surface area contributed by atoms with Crippen LogP contribution in [0.25, 0.3) is 0 Å². The number of amides is 1. The molecule has 1 aliphatic rings. The van der Waals surface area contributed by atoms with Crippen LogP contribution < -0.4 is 15.0 Å². The molecule has 1 amide bonds. The Bertz CT molecular complexity index is 1090. The van der Waals surface area contributed by atoms with Gasteiger partial charge < -0.3 is 15.0 Å². The molecule has 0 aromatic heterocycles. The molecule has 1 N–H and O–H groups in total. The first kappa shape index (κ1) is 23.1. The number of ether oxygens (including phenoxy) is 1. The molecule has 1 saturated heterocycles. The topological polar surface area (TPSA) is 44.8 Å². The van der Waals surface area contributed by atoms with Gasteiger partial charge in [-0.2, -0.15) is 0 Å². The monoisotopic (exact) mass is 463 g/mol. The Labute approximate surface area is 200 Å². The quantitative estimate of drug-likeness (QED) is 0.516. The number of carbonyl (C=O) groups is 1. The normalized spacial score (nSPS) is 14.2. The van der Waals surface area contributed by atoms with Gasteiger partial charge in [0.1, 0.15) is 5.75 Å². The molecule has 1 heterocycles. The van der Waals surface area contributed by atoms with E-state index in [0.717, 1.165) is 60.4 Å². The molecule has 1 aliphatic heterocycles. The van der Waals surface area contributed by atoms with Gasteiger partial charge >= 0.3 is 0 Å². The molecule has 0 aliphatic carbocycles. The summed E-state index contributed by atoms with van der Waals surface area (Å²) in [6.07, 6.45) is 0. The Morgan fingerprint density at radius 1 is 0.970 bits per heavy atom. The van der Waals surface area contributed by atoms with Gasteiger partial charge in [0, 0.05) is 49.1 Å². The van der Waals surface area contributed by atoms with Crippen LogP contribution in [0.4, 0.5) is 11.4 Å². The van der Waals surface area contributed by atoms with Crippen molar-refractivity contribution >= 4 is 28.9 Å². The van der Waals surface area contributed by atoms with Crippen LogP contribution in [0.5, 0.6) is 5.75 Å². The van der Waals surface area contributed by atoms with Gasteiger partial charge in [-0.15, -0.1) is 0 Å². The van der Waals surface area contributed by atoms with Crippen molar-refractivity contribution in [2.24, 2.45) is 0 Å². The fraction of sp³-hybridized carbons (Fsp3) is 0.296. The Hall–Kier alpha value is -3.02. The minimum atomic E-state index is -0.170. The van der Waals surface area contributed by atoms with Gasteiger partial charge in [-0.1, -0.05) is 47.5 Å². The summed E-state index contributed by atoms with van der Waals surface area (Å²) in [5.41, 5.74) is 5.31. The predicted molar refractivity (Wildman–Crippen MR) is 135 cm³/mol. The average Bonchev–Trinajstić information content (AvgIpc) is 2.81. The number of anilines is 2. The van der Waals surface area contributed by atoms with Crippen molar-refractivity contribution in [3.63, 3.8) is 0 Å². The number of hydrogen-bond donors (Lipinski definition) is 1. The van der Waals surface area contributed by atoms with Crippen LogP contribution in [0.15, 0.2) is 66.7 Å². The van der Waals surface area contributed by atoms with Crippen LogP contribution in [0, 0.1) is 13.8 Å². The zero-order valence-electron chi connectivity index (χ0n) is 19.2. The summed E-state index contributed by atoms with van der Waals surface area (Å²) in [6, 6.07) is 22.0. The van der Waals surface area contributed by atoms with Crippen LogP contribution in [0.2, 0.25) is 5.02 Å². The Morgan fingerprint density at radius 3 is 2.39 bits per heavy atom. The second-order valence-corrected chi connectivity index (χ2v) is 8.91. The average molecular weight is 464 g/mol. The molecule has 0 unspecified atom stereocenters. The lowest BCUT2D eigenvalue weighted by atomic mass is 10.1. The molecule has 3 aromatic rings. The molecular weight excluding hydrogens is 434 g/mol. The van der Waals surface area contributed by atoms with Crippen molar-refractivity contribution in [2.45, 2.75) is 20.4 Å². The lowest BCUT2D eigenvalue weighted by Crippen LogP contribution is -2.46. The maximum absolute atomic E-state index is 12.3. The molecule has 5 nitrogen and oxygen atoms in total. The van der Waals surface area contributed by atoms with E-state index in [4.69, 9.17) is 16.3 Å². The standard InChI is InChI=1S/C27H30ClN3O2/c1-20-7-12-26(21(2)17-20)33-19-27(32)29-23-8-10-24(11-9-23)31-15-13-30(14-16-31)18-22-5-3-4-6-25(22)28/h3-12,17H,13-16,18-19H2,1-2H3,(H,29,32).